The van der Waals surface area contributed by atoms with E-state index in [0.717, 1.165) is 37.3 Å². The van der Waals surface area contributed by atoms with Crippen molar-refractivity contribution >= 4 is 5.91 Å². The summed E-state index contributed by atoms with van der Waals surface area (Å²) in [4.78, 5) is 14.4. The standard InChI is InChI=1S/C15H26N4O/c1-11-8-12(2)19(17-11)13(3)9-15(20)18-7-5-6-14(10-18)16-4/h8,13-14,16H,5-7,9-10H2,1-4H3. The van der Waals surface area contributed by atoms with Gasteiger partial charge in [0.1, 0.15) is 0 Å². The van der Waals surface area contributed by atoms with Crippen LogP contribution in [-0.4, -0.2) is 46.8 Å². The Bertz CT molecular complexity index is 468. The summed E-state index contributed by atoms with van der Waals surface area (Å²) in [5.74, 6) is 0.241. The maximum absolute atomic E-state index is 12.4. The predicted molar refractivity (Wildman–Crippen MR) is 79.7 cm³/mol. The van der Waals surface area contributed by atoms with E-state index in [-0.39, 0.29) is 11.9 Å². The highest BCUT2D eigenvalue weighted by Crippen LogP contribution is 2.18. The van der Waals surface area contributed by atoms with Crippen LogP contribution in [0.15, 0.2) is 6.07 Å². The molecule has 0 bridgehead atoms. The van der Waals surface area contributed by atoms with Crippen LogP contribution in [0.25, 0.3) is 0 Å². The molecule has 1 N–H and O–H groups in total. The lowest BCUT2D eigenvalue weighted by atomic mass is 10.0. The van der Waals surface area contributed by atoms with Gasteiger partial charge in [-0.25, -0.2) is 0 Å². The number of nitrogens with one attached hydrogen (secondary N) is 1. The number of hydrogen-bond acceptors (Lipinski definition) is 3. The van der Waals surface area contributed by atoms with Gasteiger partial charge in [0.05, 0.1) is 11.7 Å². The molecule has 0 aromatic carbocycles. The molecular formula is C15H26N4O. The Kier molecular flexibility index (Phi) is 4.81. The highest BCUT2D eigenvalue weighted by molar-refractivity contribution is 5.76. The van der Waals surface area contributed by atoms with Crippen LogP contribution < -0.4 is 5.32 Å². The molecule has 20 heavy (non-hydrogen) atoms. The zero-order valence-corrected chi connectivity index (χ0v) is 13.0. The summed E-state index contributed by atoms with van der Waals surface area (Å²) in [6.45, 7) is 7.82. The van der Waals surface area contributed by atoms with Crippen LogP contribution in [0.5, 0.6) is 0 Å². The van der Waals surface area contributed by atoms with Crippen molar-refractivity contribution in [2.24, 2.45) is 0 Å². The van der Waals surface area contributed by atoms with Gasteiger partial charge < -0.3 is 10.2 Å². The molecule has 0 radical (unpaired) electrons. The van der Waals surface area contributed by atoms with Crippen LogP contribution in [0.2, 0.25) is 0 Å². The van der Waals surface area contributed by atoms with Gasteiger partial charge in [0.25, 0.3) is 0 Å². The van der Waals surface area contributed by atoms with E-state index in [1.165, 1.54) is 0 Å². The Labute approximate surface area is 121 Å². The highest BCUT2D eigenvalue weighted by atomic mass is 16.2. The van der Waals surface area contributed by atoms with Gasteiger partial charge in [-0.2, -0.15) is 5.10 Å². The fourth-order valence-corrected chi connectivity index (χ4v) is 3.00. The predicted octanol–water partition coefficient (Wildman–Crippen LogP) is 1.66. The van der Waals surface area contributed by atoms with Crippen molar-refractivity contribution in [3.05, 3.63) is 17.5 Å². The molecule has 1 aliphatic heterocycles. The largest absolute Gasteiger partial charge is 0.341 e. The normalized spacial score (nSPS) is 21.0. The summed E-state index contributed by atoms with van der Waals surface area (Å²) in [7, 11) is 1.97. The molecule has 112 valence electrons. The first-order chi connectivity index (χ1) is 9.51. The Morgan fingerprint density at radius 2 is 2.30 bits per heavy atom. The third-order valence-electron chi connectivity index (χ3n) is 4.11. The van der Waals surface area contributed by atoms with E-state index in [4.69, 9.17) is 0 Å². The van der Waals surface area contributed by atoms with Crippen molar-refractivity contribution in [3.63, 3.8) is 0 Å². The third kappa shape index (κ3) is 3.39. The average Bonchev–Trinajstić information content (AvgIpc) is 2.77. The van der Waals surface area contributed by atoms with Crippen LogP contribution in [-0.2, 0) is 4.79 Å². The Morgan fingerprint density at radius 3 is 2.90 bits per heavy atom. The molecule has 2 heterocycles. The molecule has 2 unspecified atom stereocenters. The molecule has 2 rings (SSSR count). The zero-order valence-electron chi connectivity index (χ0n) is 13.0. The monoisotopic (exact) mass is 278 g/mol. The van der Waals surface area contributed by atoms with Gasteiger partial charge in [-0.3, -0.25) is 9.48 Å². The maximum Gasteiger partial charge on any atom is 0.224 e. The summed E-state index contributed by atoms with van der Waals surface area (Å²) in [6.07, 6.45) is 2.78. The van der Waals surface area contributed by atoms with Crippen LogP contribution in [0.1, 0.15) is 43.6 Å². The molecule has 0 saturated carbocycles. The van der Waals surface area contributed by atoms with E-state index in [0.29, 0.717) is 12.5 Å². The topological polar surface area (TPSA) is 50.2 Å². The van der Waals surface area contributed by atoms with Gasteiger partial charge in [0, 0.05) is 31.2 Å². The summed E-state index contributed by atoms with van der Waals surface area (Å²) in [6, 6.07) is 2.61. The van der Waals surface area contributed by atoms with Gasteiger partial charge in [-0.15, -0.1) is 0 Å². The molecule has 1 fully saturated rings. The number of piperidine rings is 1. The first-order valence-corrected chi connectivity index (χ1v) is 7.49. The number of amides is 1. The number of aromatic nitrogens is 2. The molecule has 0 spiro atoms. The summed E-state index contributed by atoms with van der Waals surface area (Å²) in [5, 5.41) is 7.75. The van der Waals surface area contributed by atoms with Crippen molar-refractivity contribution in [2.75, 3.05) is 20.1 Å². The molecule has 2 atom stereocenters. The number of hydrogen-bond donors (Lipinski definition) is 1. The van der Waals surface area contributed by atoms with Crippen molar-refractivity contribution in [1.29, 1.82) is 0 Å². The van der Waals surface area contributed by atoms with Gasteiger partial charge >= 0.3 is 0 Å². The molecule has 1 aromatic rings. The maximum atomic E-state index is 12.4. The van der Waals surface area contributed by atoms with Crippen molar-refractivity contribution in [3.8, 4) is 0 Å². The Balaban J connectivity index is 1.95. The second-order valence-corrected chi connectivity index (χ2v) is 5.89. The van der Waals surface area contributed by atoms with E-state index in [9.17, 15) is 4.79 Å². The fraction of sp³-hybridized carbons (Fsp3) is 0.733. The van der Waals surface area contributed by atoms with Crippen LogP contribution in [0, 0.1) is 13.8 Å². The number of rotatable bonds is 4. The smallest absolute Gasteiger partial charge is 0.224 e. The quantitative estimate of drug-likeness (QED) is 0.911. The number of nitrogens with zero attached hydrogens (tertiary/aromatic N) is 3. The molecule has 1 aromatic heterocycles. The van der Waals surface area contributed by atoms with Crippen LogP contribution in [0.4, 0.5) is 0 Å². The SMILES string of the molecule is CNC1CCCN(C(=O)CC(C)n2nc(C)cc2C)C1. The molecule has 0 aliphatic carbocycles. The molecular weight excluding hydrogens is 252 g/mol. The first kappa shape index (κ1) is 15.0. The number of aryl methyl sites for hydroxylation is 2. The average molecular weight is 278 g/mol. The lowest BCUT2D eigenvalue weighted by Gasteiger charge is -2.33. The van der Waals surface area contributed by atoms with E-state index >= 15 is 0 Å². The second-order valence-electron chi connectivity index (χ2n) is 5.89. The Morgan fingerprint density at radius 1 is 1.55 bits per heavy atom. The lowest BCUT2D eigenvalue weighted by molar-refractivity contribution is -0.133. The number of likely N-dealkylation sites (tertiary alicyclic amines) is 1. The summed E-state index contributed by atoms with van der Waals surface area (Å²) >= 11 is 0. The van der Waals surface area contributed by atoms with E-state index in [1.807, 2.05) is 30.5 Å². The minimum Gasteiger partial charge on any atom is -0.341 e. The van der Waals surface area contributed by atoms with Gasteiger partial charge in [0.15, 0.2) is 0 Å². The molecule has 1 saturated heterocycles. The van der Waals surface area contributed by atoms with E-state index in [1.54, 1.807) is 0 Å². The number of likely N-dealkylation sites (N-methyl/N-ethyl adjacent to an activating group) is 1. The van der Waals surface area contributed by atoms with E-state index < -0.39 is 0 Å². The van der Waals surface area contributed by atoms with Gasteiger partial charge in [0.2, 0.25) is 5.91 Å². The lowest BCUT2D eigenvalue weighted by Crippen LogP contribution is -2.47. The third-order valence-corrected chi connectivity index (χ3v) is 4.11. The molecule has 1 amide bonds. The van der Waals surface area contributed by atoms with Crippen LogP contribution in [0.3, 0.4) is 0 Å². The number of carbonyl (C=O) groups is 1. The van der Waals surface area contributed by atoms with Crippen LogP contribution >= 0.6 is 0 Å². The number of carbonyl (C=O) groups excluding carboxylic acids is 1. The zero-order chi connectivity index (χ0) is 14.7. The van der Waals surface area contributed by atoms with Gasteiger partial charge in [-0.05, 0) is 46.7 Å². The van der Waals surface area contributed by atoms with Crippen molar-refractivity contribution < 1.29 is 4.79 Å². The minimum absolute atomic E-state index is 0.117. The highest BCUT2D eigenvalue weighted by Gasteiger charge is 2.24. The minimum atomic E-state index is 0.117. The Hall–Kier alpha value is -1.36. The van der Waals surface area contributed by atoms with Gasteiger partial charge in [-0.1, -0.05) is 0 Å². The van der Waals surface area contributed by atoms with E-state index in [2.05, 4.69) is 23.4 Å². The first-order valence-electron chi connectivity index (χ1n) is 7.49. The second kappa shape index (κ2) is 6.39. The molecule has 5 nitrogen and oxygen atoms in total. The fourth-order valence-electron chi connectivity index (χ4n) is 3.00. The summed E-state index contributed by atoms with van der Waals surface area (Å²) < 4.78 is 1.97. The molecule has 5 heteroatoms. The summed E-state index contributed by atoms with van der Waals surface area (Å²) in [5.41, 5.74) is 2.13. The molecule has 1 aliphatic rings. The van der Waals surface area contributed by atoms with Crippen molar-refractivity contribution in [1.82, 2.24) is 20.0 Å². The van der Waals surface area contributed by atoms with Crippen molar-refractivity contribution in [2.45, 2.75) is 52.1 Å².